The molecule has 0 aliphatic carbocycles. The lowest BCUT2D eigenvalue weighted by Crippen LogP contribution is -2.21. The lowest BCUT2D eigenvalue weighted by atomic mass is 9.93. The molecule has 0 saturated heterocycles. The molecule has 0 radical (unpaired) electrons. The van der Waals surface area contributed by atoms with Crippen LogP contribution in [0.4, 0.5) is 0 Å². The van der Waals surface area contributed by atoms with Crippen LogP contribution in [0, 0.1) is 5.92 Å². The first-order valence-corrected chi connectivity index (χ1v) is 4.94. The molecule has 0 amide bonds. The summed E-state index contributed by atoms with van der Waals surface area (Å²) in [5.41, 5.74) is 7.11. The Morgan fingerprint density at radius 1 is 1.46 bits per heavy atom. The number of hydrogen-bond acceptors (Lipinski definition) is 2. The molecule has 74 valence electrons. The predicted octanol–water partition coefficient (Wildman–Crippen LogP) is 1.86. The van der Waals surface area contributed by atoms with Gasteiger partial charge in [0.05, 0.1) is 11.7 Å². The van der Waals surface area contributed by atoms with Gasteiger partial charge < -0.3 is 5.73 Å². The Morgan fingerprint density at radius 3 is 2.46 bits per heavy atom. The van der Waals surface area contributed by atoms with Crippen molar-refractivity contribution in [2.75, 3.05) is 0 Å². The maximum absolute atomic E-state index is 6.10. The molecule has 1 rings (SSSR count). The molecule has 3 nitrogen and oxygen atoms in total. The highest BCUT2D eigenvalue weighted by Crippen LogP contribution is 2.23. The van der Waals surface area contributed by atoms with E-state index >= 15 is 0 Å². The maximum Gasteiger partial charge on any atom is 0.0794 e. The van der Waals surface area contributed by atoms with Crippen LogP contribution in [0.25, 0.3) is 0 Å². The number of aryl methyl sites for hydroxylation is 1. The molecule has 1 aromatic heterocycles. The van der Waals surface area contributed by atoms with Crippen LogP contribution in [0.1, 0.15) is 38.4 Å². The summed E-state index contributed by atoms with van der Waals surface area (Å²) in [4.78, 5) is 0. The zero-order chi connectivity index (χ0) is 9.84. The molecule has 1 unspecified atom stereocenters. The van der Waals surface area contributed by atoms with Gasteiger partial charge in [0.2, 0.25) is 0 Å². The highest BCUT2D eigenvalue weighted by molar-refractivity contribution is 5.05. The second kappa shape index (κ2) is 4.42. The highest BCUT2D eigenvalue weighted by Gasteiger charge is 2.17. The molecule has 0 spiro atoms. The largest absolute Gasteiger partial charge is 0.322 e. The van der Waals surface area contributed by atoms with Crippen molar-refractivity contribution in [3.05, 3.63) is 18.0 Å². The lowest BCUT2D eigenvalue weighted by molar-refractivity contribution is 0.396. The molecular formula is C10H19N3. The van der Waals surface area contributed by atoms with Crippen molar-refractivity contribution in [2.45, 2.75) is 32.7 Å². The van der Waals surface area contributed by atoms with Gasteiger partial charge in [0.15, 0.2) is 0 Å². The molecule has 3 heteroatoms. The van der Waals surface area contributed by atoms with Crippen LogP contribution in [0.15, 0.2) is 12.3 Å². The summed E-state index contributed by atoms with van der Waals surface area (Å²) in [5, 5.41) is 4.32. The smallest absolute Gasteiger partial charge is 0.0794 e. The topological polar surface area (TPSA) is 43.8 Å². The van der Waals surface area contributed by atoms with Gasteiger partial charge in [-0.3, -0.25) is 4.68 Å². The Hall–Kier alpha value is -0.830. The van der Waals surface area contributed by atoms with Crippen molar-refractivity contribution < 1.29 is 0 Å². The Balaban J connectivity index is 2.71. The summed E-state index contributed by atoms with van der Waals surface area (Å²) in [5.74, 6) is 0.551. The zero-order valence-corrected chi connectivity index (χ0v) is 8.70. The van der Waals surface area contributed by atoms with Crippen molar-refractivity contribution >= 4 is 0 Å². The molecule has 1 aromatic rings. The highest BCUT2D eigenvalue weighted by atomic mass is 15.3. The molecule has 0 aromatic carbocycles. The zero-order valence-electron chi connectivity index (χ0n) is 8.70. The standard InChI is InChI=1S/C10H19N3/c1-4-8(5-2)10(11)9-6-7-13(3)12-9/h6-8,10H,4-5,11H2,1-3H3. The van der Waals surface area contributed by atoms with E-state index < -0.39 is 0 Å². The fourth-order valence-corrected chi connectivity index (χ4v) is 1.65. The molecule has 0 bridgehead atoms. The summed E-state index contributed by atoms with van der Waals surface area (Å²) in [7, 11) is 1.92. The quantitative estimate of drug-likeness (QED) is 0.770. The van der Waals surface area contributed by atoms with Crippen LogP contribution < -0.4 is 5.73 Å². The van der Waals surface area contributed by atoms with Crippen LogP contribution in [0.2, 0.25) is 0 Å². The van der Waals surface area contributed by atoms with Gasteiger partial charge >= 0.3 is 0 Å². The van der Waals surface area contributed by atoms with E-state index in [1.807, 2.05) is 19.3 Å². The summed E-state index contributed by atoms with van der Waals surface area (Å²) >= 11 is 0. The average molecular weight is 181 g/mol. The number of aromatic nitrogens is 2. The summed E-state index contributed by atoms with van der Waals surface area (Å²) in [6, 6.07) is 2.10. The van der Waals surface area contributed by atoms with Gasteiger partial charge in [0.25, 0.3) is 0 Å². The van der Waals surface area contributed by atoms with Gasteiger partial charge in [-0.1, -0.05) is 26.7 Å². The minimum absolute atomic E-state index is 0.0937. The Labute approximate surface area is 79.9 Å². The van der Waals surface area contributed by atoms with E-state index in [1.165, 1.54) is 0 Å². The van der Waals surface area contributed by atoms with Crippen molar-refractivity contribution in [3.8, 4) is 0 Å². The monoisotopic (exact) mass is 181 g/mol. The van der Waals surface area contributed by atoms with Gasteiger partial charge in [0, 0.05) is 13.2 Å². The molecule has 13 heavy (non-hydrogen) atoms. The van der Waals surface area contributed by atoms with Crippen LogP contribution in [-0.2, 0) is 7.05 Å². The third-order valence-corrected chi connectivity index (χ3v) is 2.63. The maximum atomic E-state index is 6.10. The Bertz CT molecular complexity index is 250. The minimum atomic E-state index is 0.0937. The minimum Gasteiger partial charge on any atom is -0.322 e. The Kier molecular flexibility index (Phi) is 3.48. The number of rotatable bonds is 4. The molecule has 0 fully saturated rings. The third kappa shape index (κ3) is 2.31. The van der Waals surface area contributed by atoms with Crippen molar-refractivity contribution in [3.63, 3.8) is 0 Å². The van der Waals surface area contributed by atoms with Crippen LogP contribution in [0.5, 0.6) is 0 Å². The molecular weight excluding hydrogens is 162 g/mol. The molecule has 0 aliphatic rings. The Morgan fingerprint density at radius 2 is 2.08 bits per heavy atom. The summed E-state index contributed by atoms with van der Waals surface area (Å²) in [6.45, 7) is 4.36. The van der Waals surface area contributed by atoms with E-state index in [0.29, 0.717) is 5.92 Å². The van der Waals surface area contributed by atoms with E-state index in [2.05, 4.69) is 18.9 Å². The molecule has 2 N–H and O–H groups in total. The number of hydrogen-bond donors (Lipinski definition) is 1. The van der Waals surface area contributed by atoms with Gasteiger partial charge in [-0.25, -0.2) is 0 Å². The first-order valence-electron chi connectivity index (χ1n) is 4.94. The van der Waals surface area contributed by atoms with Gasteiger partial charge in [-0.05, 0) is 12.0 Å². The summed E-state index contributed by atoms with van der Waals surface area (Å²) < 4.78 is 1.80. The van der Waals surface area contributed by atoms with E-state index in [-0.39, 0.29) is 6.04 Å². The van der Waals surface area contributed by atoms with Crippen molar-refractivity contribution in [1.82, 2.24) is 9.78 Å². The number of nitrogens with two attached hydrogens (primary N) is 1. The van der Waals surface area contributed by atoms with Gasteiger partial charge in [-0.15, -0.1) is 0 Å². The second-order valence-corrected chi connectivity index (χ2v) is 3.52. The predicted molar refractivity (Wildman–Crippen MR) is 54.2 cm³/mol. The summed E-state index contributed by atoms with van der Waals surface area (Å²) in [6.07, 6.45) is 4.18. The lowest BCUT2D eigenvalue weighted by Gasteiger charge is -2.18. The fraction of sp³-hybridized carbons (Fsp3) is 0.700. The van der Waals surface area contributed by atoms with E-state index in [0.717, 1.165) is 18.5 Å². The van der Waals surface area contributed by atoms with Crippen LogP contribution in [0.3, 0.4) is 0 Å². The van der Waals surface area contributed by atoms with Crippen molar-refractivity contribution in [2.24, 2.45) is 18.7 Å². The molecule has 1 heterocycles. The second-order valence-electron chi connectivity index (χ2n) is 3.52. The SMILES string of the molecule is CCC(CC)C(N)c1ccn(C)n1. The first-order chi connectivity index (χ1) is 6.19. The van der Waals surface area contributed by atoms with E-state index in [1.54, 1.807) is 4.68 Å². The first kappa shape index (κ1) is 10.3. The van der Waals surface area contributed by atoms with Crippen molar-refractivity contribution in [1.29, 1.82) is 0 Å². The molecule has 0 aliphatic heterocycles. The average Bonchev–Trinajstić information content (AvgIpc) is 2.54. The van der Waals surface area contributed by atoms with Crippen LogP contribution >= 0.6 is 0 Å². The van der Waals surface area contributed by atoms with Crippen LogP contribution in [-0.4, -0.2) is 9.78 Å². The fourth-order valence-electron chi connectivity index (χ4n) is 1.65. The van der Waals surface area contributed by atoms with E-state index in [4.69, 9.17) is 5.73 Å². The van der Waals surface area contributed by atoms with Gasteiger partial charge in [-0.2, -0.15) is 5.10 Å². The van der Waals surface area contributed by atoms with E-state index in [9.17, 15) is 0 Å². The number of nitrogens with zero attached hydrogens (tertiary/aromatic N) is 2. The van der Waals surface area contributed by atoms with Gasteiger partial charge in [0.1, 0.15) is 0 Å². The molecule has 0 saturated carbocycles. The normalized spacial score (nSPS) is 13.6. The molecule has 1 atom stereocenters. The third-order valence-electron chi connectivity index (χ3n) is 2.63.